The van der Waals surface area contributed by atoms with Crippen molar-refractivity contribution < 1.29 is 14.3 Å². The molecule has 0 aromatic heterocycles. The largest absolute Gasteiger partial charge is 0.496 e. The summed E-state index contributed by atoms with van der Waals surface area (Å²) in [6.45, 7) is 2.17. The van der Waals surface area contributed by atoms with E-state index in [1.807, 2.05) is 31.2 Å². The van der Waals surface area contributed by atoms with Gasteiger partial charge in [0.05, 0.1) is 19.2 Å². The Bertz CT molecular complexity index is 840. The number of carbonyl (C=O) groups excluding carboxylic acids is 2. The second-order valence-electron chi connectivity index (χ2n) is 5.57. The third-order valence-corrected chi connectivity index (χ3v) is 4.30. The fraction of sp³-hybridized carbons (Fsp3) is 0.158. The lowest BCUT2D eigenvalue weighted by Crippen LogP contribution is -2.30. The van der Waals surface area contributed by atoms with Crippen molar-refractivity contribution in [1.29, 1.82) is 0 Å². The minimum atomic E-state index is -0.483. The summed E-state index contributed by atoms with van der Waals surface area (Å²) < 4.78 is 5.28. The number of benzene rings is 2. The van der Waals surface area contributed by atoms with E-state index in [0.29, 0.717) is 11.3 Å². The van der Waals surface area contributed by atoms with Gasteiger partial charge in [-0.15, -0.1) is 0 Å². The maximum atomic E-state index is 12.8. The Labute approximate surface area is 145 Å². The average Bonchev–Trinajstić information content (AvgIpc) is 2.80. The molecule has 122 valence electrons. The van der Waals surface area contributed by atoms with Crippen LogP contribution in [0.25, 0.3) is 5.57 Å². The average molecular weight is 342 g/mol. The van der Waals surface area contributed by atoms with Crippen LogP contribution in [0.3, 0.4) is 0 Å². The van der Waals surface area contributed by atoms with E-state index >= 15 is 0 Å². The van der Waals surface area contributed by atoms with E-state index in [4.69, 9.17) is 16.3 Å². The lowest BCUT2D eigenvalue weighted by Gasteiger charge is -2.15. The van der Waals surface area contributed by atoms with Crippen LogP contribution in [0, 0.1) is 6.92 Å². The summed E-state index contributed by atoms with van der Waals surface area (Å²) in [6, 6.07) is 14.7. The summed E-state index contributed by atoms with van der Waals surface area (Å²) in [5.74, 6) is -0.387. The van der Waals surface area contributed by atoms with Crippen LogP contribution in [0.4, 0.5) is 0 Å². The molecular weight excluding hydrogens is 326 g/mol. The molecule has 0 N–H and O–H groups in total. The minimum Gasteiger partial charge on any atom is -0.496 e. The van der Waals surface area contributed by atoms with Crippen molar-refractivity contribution in [3.05, 3.63) is 70.3 Å². The van der Waals surface area contributed by atoms with Gasteiger partial charge in [-0.1, -0.05) is 59.6 Å². The molecule has 4 nitrogen and oxygen atoms in total. The smallest absolute Gasteiger partial charge is 0.273 e. The molecule has 0 spiro atoms. The first kappa shape index (κ1) is 16.3. The molecule has 0 radical (unpaired) electrons. The second kappa shape index (κ2) is 6.49. The predicted molar refractivity (Wildman–Crippen MR) is 92.5 cm³/mol. The van der Waals surface area contributed by atoms with Crippen molar-refractivity contribution in [2.75, 3.05) is 7.11 Å². The number of imide groups is 1. The molecule has 2 aromatic carbocycles. The molecule has 24 heavy (non-hydrogen) atoms. The number of amides is 2. The van der Waals surface area contributed by atoms with Crippen molar-refractivity contribution in [2.24, 2.45) is 0 Å². The minimum absolute atomic E-state index is 0.0726. The molecule has 3 rings (SSSR count). The van der Waals surface area contributed by atoms with E-state index in [1.165, 1.54) is 7.11 Å². The summed E-state index contributed by atoms with van der Waals surface area (Å²) in [4.78, 5) is 26.4. The van der Waals surface area contributed by atoms with Gasteiger partial charge in [0.1, 0.15) is 10.8 Å². The zero-order valence-electron chi connectivity index (χ0n) is 13.4. The van der Waals surface area contributed by atoms with Crippen molar-refractivity contribution in [2.45, 2.75) is 13.5 Å². The fourth-order valence-electron chi connectivity index (χ4n) is 2.65. The van der Waals surface area contributed by atoms with Crippen LogP contribution in [0.1, 0.15) is 16.7 Å². The lowest BCUT2D eigenvalue weighted by molar-refractivity contribution is -0.137. The summed E-state index contributed by atoms with van der Waals surface area (Å²) in [6.07, 6.45) is 0. The number of hydrogen-bond donors (Lipinski definition) is 0. The Morgan fingerprint density at radius 3 is 2.33 bits per heavy atom. The first-order valence-electron chi connectivity index (χ1n) is 7.48. The zero-order chi connectivity index (χ0) is 17.3. The number of para-hydroxylation sites is 1. The van der Waals surface area contributed by atoms with Gasteiger partial charge in [-0.2, -0.15) is 0 Å². The van der Waals surface area contributed by atoms with Crippen LogP contribution in [0.15, 0.2) is 53.6 Å². The van der Waals surface area contributed by atoms with Gasteiger partial charge < -0.3 is 4.74 Å². The van der Waals surface area contributed by atoms with E-state index in [9.17, 15) is 9.59 Å². The summed E-state index contributed by atoms with van der Waals surface area (Å²) in [5.41, 5.74) is 2.69. The molecule has 0 saturated heterocycles. The predicted octanol–water partition coefficient (Wildman–Crippen LogP) is 3.52. The van der Waals surface area contributed by atoms with E-state index in [2.05, 4.69) is 0 Å². The molecule has 2 aromatic rings. The Morgan fingerprint density at radius 2 is 1.67 bits per heavy atom. The van der Waals surface area contributed by atoms with Crippen LogP contribution in [0.5, 0.6) is 5.75 Å². The maximum absolute atomic E-state index is 12.8. The number of rotatable bonds is 4. The summed E-state index contributed by atoms with van der Waals surface area (Å²) in [5, 5.41) is -0.0726. The molecule has 5 heteroatoms. The first-order valence-corrected chi connectivity index (χ1v) is 7.85. The van der Waals surface area contributed by atoms with E-state index in [-0.39, 0.29) is 17.2 Å². The molecule has 1 heterocycles. The van der Waals surface area contributed by atoms with Gasteiger partial charge in [-0.25, -0.2) is 0 Å². The van der Waals surface area contributed by atoms with Crippen molar-refractivity contribution in [3.63, 3.8) is 0 Å². The molecule has 2 amide bonds. The zero-order valence-corrected chi connectivity index (χ0v) is 14.1. The summed E-state index contributed by atoms with van der Waals surface area (Å²) >= 11 is 6.19. The molecule has 0 saturated carbocycles. The molecule has 0 bridgehead atoms. The van der Waals surface area contributed by atoms with Gasteiger partial charge >= 0.3 is 0 Å². The Morgan fingerprint density at radius 1 is 1.00 bits per heavy atom. The van der Waals surface area contributed by atoms with Gasteiger partial charge in [0, 0.05) is 5.56 Å². The SMILES string of the molecule is COc1ccccc1C1=C(Cl)C(=O)N(Cc2ccc(C)cc2)C1=O. The molecule has 1 aliphatic rings. The standard InChI is InChI=1S/C19H16ClNO3/c1-12-7-9-13(10-8-12)11-21-18(22)16(17(20)19(21)23)14-5-3-4-6-15(14)24-2/h3-10H,11H2,1-2H3. The normalized spacial score (nSPS) is 14.5. The van der Waals surface area contributed by atoms with E-state index in [0.717, 1.165) is 16.0 Å². The second-order valence-corrected chi connectivity index (χ2v) is 5.95. The fourth-order valence-corrected chi connectivity index (χ4v) is 2.94. The molecule has 0 unspecified atom stereocenters. The van der Waals surface area contributed by atoms with Gasteiger partial charge in [0.25, 0.3) is 11.8 Å². The van der Waals surface area contributed by atoms with Crippen molar-refractivity contribution in [1.82, 2.24) is 4.90 Å². The van der Waals surface area contributed by atoms with Crippen molar-refractivity contribution >= 4 is 29.0 Å². The van der Waals surface area contributed by atoms with Crippen LogP contribution < -0.4 is 4.74 Å². The lowest BCUT2D eigenvalue weighted by atomic mass is 10.0. The van der Waals surface area contributed by atoms with Crippen LogP contribution in [-0.2, 0) is 16.1 Å². The highest BCUT2D eigenvalue weighted by atomic mass is 35.5. The highest BCUT2D eigenvalue weighted by Gasteiger charge is 2.39. The highest BCUT2D eigenvalue weighted by molar-refractivity contribution is 6.55. The number of halogens is 1. The molecule has 0 fully saturated rings. The van der Waals surface area contributed by atoms with Crippen LogP contribution >= 0.6 is 11.6 Å². The van der Waals surface area contributed by atoms with Gasteiger partial charge in [0.15, 0.2) is 0 Å². The monoisotopic (exact) mass is 341 g/mol. The van der Waals surface area contributed by atoms with E-state index in [1.54, 1.807) is 24.3 Å². The van der Waals surface area contributed by atoms with Crippen LogP contribution in [0.2, 0.25) is 0 Å². The number of methoxy groups -OCH3 is 1. The highest BCUT2D eigenvalue weighted by Crippen LogP contribution is 2.36. The molecular formula is C19H16ClNO3. The van der Waals surface area contributed by atoms with Gasteiger partial charge in [-0.3, -0.25) is 14.5 Å². The Kier molecular flexibility index (Phi) is 4.40. The topological polar surface area (TPSA) is 46.6 Å². The van der Waals surface area contributed by atoms with Gasteiger partial charge in [0.2, 0.25) is 0 Å². The van der Waals surface area contributed by atoms with Gasteiger partial charge in [-0.05, 0) is 18.6 Å². The first-order chi connectivity index (χ1) is 11.5. The molecule has 0 atom stereocenters. The number of hydrogen-bond acceptors (Lipinski definition) is 3. The quantitative estimate of drug-likeness (QED) is 0.799. The Hall–Kier alpha value is -2.59. The third kappa shape index (κ3) is 2.81. The maximum Gasteiger partial charge on any atom is 0.273 e. The van der Waals surface area contributed by atoms with E-state index < -0.39 is 11.8 Å². The number of nitrogens with zero attached hydrogens (tertiary/aromatic N) is 1. The molecule has 0 aliphatic carbocycles. The third-order valence-electron chi connectivity index (χ3n) is 3.95. The molecule has 1 aliphatic heterocycles. The van der Waals surface area contributed by atoms with Crippen molar-refractivity contribution in [3.8, 4) is 5.75 Å². The number of aryl methyl sites for hydroxylation is 1. The summed E-state index contributed by atoms with van der Waals surface area (Å²) in [7, 11) is 1.51. The Balaban J connectivity index is 1.94. The number of ether oxygens (including phenoxy) is 1. The number of carbonyl (C=O) groups is 2. The van der Waals surface area contributed by atoms with Crippen LogP contribution in [-0.4, -0.2) is 23.8 Å².